The maximum Gasteiger partial charge on any atom is 0.332 e. The molecule has 4 aromatic rings. The van der Waals surface area contributed by atoms with Crippen LogP contribution in [0.3, 0.4) is 0 Å². The molecule has 0 saturated heterocycles. The van der Waals surface area contributed by atoms with Crippen molar-refractivity contribution in [2.24, 2.45) is 0 Å². The summed E-state index contributed by atoms with van der Waals surface area (Å²) >= 11 is 2.79. The zero-order chi connectivity index (χ0) is 29.5. The van der Waals surface area contributed by atoms with Gasteiger partial charge in [-0.3, -0.25) is 19.0 Å². The van der Waals surface area contributed by atoms with Gasteiger partial charge in [-0.15, -0.1) is 23.1 Å². The lowest BCUT2D eigenvalue weighted by molar-refractivity contribution is -0.137. The fraction of sp³-hybridized carbons (Fsp3) is 0.310. The first-order valence-electron chi connectivity index (χ1n) is 12.9. The second-order valence-corrected chi connectivity index (χ2v) is 11.0. The Bertz CT molecular complexity index is 1670. The van der Waals surface area contributed by atoms with E-state index in [1.54, 1.807) is 12.1 Å². The predicted molar refractivity (Wildman–Crippen MR) is 160 cm³/mol. The third-order valence-corrected chi connectivity index (χ3v) is 8.51. The number of amides is 1. The first-order valence-corrected chi connectivity index (χ1v) is 14.9. The SMILES string of the molecule is CCCC(=O)NCc1c(-c2ccc(OCOC)cc2)sc2c1c(=O)n(CC(=O)O)c(=O)n2Cc1ccccc1SC. The van der Waals surface area contributed by atoms with Crippen molar-refractivity contribution in [3.63, 3.8) is 0 Å². The molecule has 10 nitrogen and oxygen atoms in total. The van der Waals surface area contributed by atoms with E-state index < -0.39 is 23.8 Å². The number of thiophene rings is 1. The second-order valence-electron chi connectivity index (χ2n) is 9.16. The molecular weight excluding hydrogens is 566 g/mol. The monoisotopic (exact) mass is 597 g/mol. The van der Waals surface area contributed by atoms with Crippen molar-refractivity contribution in [1.29, 1.82) is 0 Å². The minimum Gasteiger partial charge on any atom is -0.480 e. The number of ether oxygens (including phenoxy) is 2. The average Bonchev–Trinajstić information content (AvgIpc) is 3.35. The summed E-state index contributed by atoms with van der Waals surface area (Å²) in [4.78, 5) is 53.6. The number of nitrogens with zero attached hydrogens (tertiary/aromatic N) is 2. The Labute approximate surface area is 244 Å². The summed E-state index contributed by atoms with van der Waals surface area (Å²) in [6, 6.07) is 14.8. The van der Waals surface area contributed by atoms with Crippen LogP contribution >= 0.6 is 23.1 Å². The first kappa shape index (κ1) is 30.1. The van der Waals surface area contributed by atoms with Crippen molar-refractivity contribution in [2.45, 2.75) is 44.3 Å². The van der Waals surface area contributed by atoms with Crippen LogP contribution in [-0.2, 0) is 34.0 Å². The summed E-state index contributed by atoms with van der Waals surface area (Å²) in [5.41, 5.74) is 0.721. The maximum absolute atomic E-state index is 13.8. The van der Waals surface area contributed by atoms with Crippen LogP contribution in [0, 0.1) is 0 Å². The quantitative estimate of drug-likeness (QED) is 0.174. The molecule has 12 heteroatoms. The fourth-order valence-corrected chi connectivity index (χ4v) is 6.39. The number of carbonyl (C=O) groups excluding carboxylic acids is 1. The summed E-state index contributed by atoms with van der Waals surface area (Å²) in [6.45, 7) is 1.38. The van der Waals surface area contributed by atoms with Gasteiger partial charge < -0.3 is 19.9 Å². The molecule has 0 radical (unpaired) electrons. The van der Waals surface area contributed by atoms with Gasteiger partial charge in [0.2, 0.25) is 5.91 Å². The third-order valence-electron chi connectivity index (χ3n) is 6.37. The molecule has 0 spiro atoms. The first-order chi connectivity index (χ1) is 19.8. The van der Waals surface area contributed by atoms with E-state index in [-0.39, 0.29) is 31.2 Å². The number of aromatic nitrogens is 2. The Morgan fingerprint density at radius 2 is 1.80 bits per heavy atom. The number of fused-ring (bicyclic) bond motifs is 1. The van der Waals surface area contributed by atoms with E-state index in [0.29, 0.717) is 33.9 Å². The minimum absolute atomic E-state index is 0.0397. The van der Waals surface area contributed by atoms with E-state index in [4.69, 9.17) is 9.47 Å². The topological polar surface area (TPSA) is 129 Å². The van der Waals surface area contributed by atoms with E-state index in [1.165, 1.54) is 34.8 Å². The highest BCUT2D eigenvalue weighted by Crippen LogP contribution is 2.38. The molecule has 1 amide bonds. The molecule has 0 aliphatic rings. The summed E-state index contributed by atoms with van der Waals surface area (Å²) in [5.74, 6) is -0.891. The number of thioether (sulfide) groups is 1. The van der Waals surface area contributed by atoms with Crippen LogP contribution in [0.1, 0.15) is 30.9 Å². The Balaban J connectivity index is 1.98. The van der Waals surface area contributed by atoms with Gasteiger partial charge in [0.1, 0.15) is 17.1 Å². The highest BCUT2D eigenvalue weighted by molar-refractivity contribution is 7.98. The highest BCUT2D eigenvalue weighted by Gasteiger charge is 2.24. The zero-order valence-corrected chi connectivity index (χ0v) is 24.6. The molecule has 216 valence electrons. The van der Waals surface area contributed by atoms with Gasteiger partial charge in [0.25, 0.3) is 5.56 Å². The molecule has 2 heterocycles. The number of rotatable bonds is 13. The van der Waals surface area contributed by atoms with Gasteiger partial charge in [-0.25, -0.2) is 9.36 Å². The Hall–Kier alpha value is -3.87. The summed E-state index contributed by atoms with van der Waals surface area (Å²) in [6.07, 6.45) is 2.91. The Kier molecular flexibility index (Phi) is 10.0. The van der Waals surface area contributed by atoms with E-state index in [0.717, 1.165) is 20.6 Å². The number of hydrogen-bond donors (Lipinski definition) is 2. The smallest absolute Gasteiger partial charge is 0.332 e. The number of nitrogens with one attached hydrogen (secondary N) is 1. The molecular formula is C29H31N3O7S2. The Morgan fingerprint density at radius 3 is 2.46 bits per heavy atom. The van der Waals surface area contributed by atoms with Gasteiger partial charge >= 0.3 is 11.7 Å². The zero-order valence-electron chi connectivity index (χ0n) is 23.0. The van der Waals surface area contributed by atoms with E-state index in [2.05, 4.69) is 5.32 Å². The minimum atomic E-state index is -1.31. The summed E-state index contributed by atoms with van der Waals surface area (Å²) < 4.78 is 12.7. The van der Waals surface area contributed by atoms with Gasteiger partial charge in [0.05, 0.1) is 11.9 Å². The lowest BCUT2D eigenvalue weighted by atomic mass is 10.1. The lowest BCUT2D eigenvalue weighted by Crippen LogP contribution is -2.41. The molecule has 0 atom stereocenters. The molecule has 0 bridgehead atoms. The molecule has 2 aromatic carbocycles. The average molecular weight is 598 g/mol. The van der Waals surface area contributed by atoms with Crippen molar-refractivity contribution < 1.29 is 24.2 Å². The van der Waals surface area contributed by atoms with Crippen molar-refractivity contribution in [3.8, 4) is 16.2 Å². The normalized spacial score (nSPS) is 11.1. The van der Waals surface area contributed by atoms with Gasteiger partial charge in [-0.1, -0.05) is 25.1 Å². The predicted octanol–water partition coefficient (Wildman–Crippen LogP) is 4.15. The van der Waals surface area contributed by atoms with E-state index in [9.17, 15) is 24.3 Å². The Morgan fingerprint density at radius 1 is 1.07 bits per heavy atom. The molecule has 4 rings (SSSR count). The summed E-state index contributed by atoms with van der Waals surface area (Å²) in [7, 11) is 1.53. The maximum atomic E-state index is 13.8. The van der Waals surface area contributed by atoms with E-state index in [1.807, 2.05) is 49.6 Å². The van der Waals surface area contributed by atoms with Gasteiger partial charge in [0.15, 0.2) is 6.79 Å². The van der Waals surface area contributed by atoms with Crippen LogP contribution in [0.5, 0.6) is 5.75 Å². The molecule has 0 aliphatic carbocycles. The molecule has 2 N–H and O–H groups in total. The van der Waals surface area contributed by atoms with Crippen LogP contribution in [0.4, 0.5) is 0 Å². The third kappa shape index (κ3) is 6.72. The van der Waals surface area contributed by atoms with Crippen molar-refractivity contribution in [1.82, 2.24) is 14.5 Å². The number of methoxy groups -OCH3 is 1. The van der Waals surface area contributed by atoms with Crippen LogP contribution in [-0.4, -0.2) is 46.3 Å². The van der Waals surface area contributed by atoms with Gasteiger partial charge in [-0.05, 0) is 54.1 Å². The molecule has 0 unspecified atom stereocenters. The lowest BCUT2D eigenvalue weighted by Gasteiger charge is -2.13. The van der Waals surface area contributed by atoms with Crippen molar-refractivity contribution in [3.05, 3.63) is 80.5 Å². The summed E-state index contributed by atoms with van der Waals surface area (Å²) in [5, 5.41) is 12.6. The van der Waals surface area contributed by atoms with Gasteiger partial charge in [-0.2, -0.15) is 0 Å². The number of benzene rings is 2. The van der Waals surface area contributed by atoms with Crippen molar-refractivity contribution in [2.75, 3.05) is 20.2 Å². The standard InChI is InChI=1S/C29H31N3O7S2/c1-4-7-23(33)30-14-21-25-27(36)31(16-24(34)35)29(37)32(15-19-8-5-6-9-22(19)40-3)28(25)41-26(21)18-10-12-20(13-11-18)39-17-38-2/h5-6,8-13H,4,7,14-17H2,1-3H3,(H,30,33)(H,34,35). The molecule has 0 saturated carbocycles. The molecule has 41 heavy (non-hydrogen) atoms. The number of aliphatic carboxylic acids is 1. The van der Waals surface area contributed by atoms with Crippen LogP contribution in [0.25, 0.3) is 20.7 Å². The fourth-order valence-electron chi connectivity index (χ4n) is 4.47. The highest BCUT2D eigenvalue weighted by atomic mass is 32.2. The number of carbonyl (C=O) groups is 2. The van der Waals surface area contributed by atoms with Crippen LogP contribution in [0.2, 0.25) is 0 Å². The van der Waals surface area contributed by atoms with Crippen LogP contribution < -0.4 is 21.3 Å². The van der Waals surface area contributed by atoms with Crippen molar-refractivity contribution >= 4 is 45.2 Å². The largest absolute Gasteiger partial charge is 0.480 e. The second kappa shape index (κ2) is 13.7. The van der Waals surface area contributed by atoms with E-state index >= 15 is 0 Å². The molecule has 0 aliphatic heterocycles. The molecule has 0 fully saturated rings. The number of hydrogen-bond acceptors (Lipinski definition) is 8. The number of carboxylic acids is 1. The van der Waals surface area contributed by atoms with Gasteiger partial charge in [0, 0.05) is 35.4 Å². The molecule has 2 aromatic heterocycles. The van der Waals surface area contributed by atoms with Crippen LogP contribution in [0.15, 0.2) is 63.0 Å². The number of carboxylic acid groups (broad SMARTS) is 1.